The number of hydrogen-bond donors (Lipinski definition) is 1. The summed E-state index contributed by atoms with van der Waals surface area (Å²) in [6.07, 6.45) is 1.99. The van der Waals surface area contributed by atoms with Gasteiger partial charge in [-0.1, -0.05) is 0 Å². The van der Waals surface area contributed by atoms with Gasteiger partial charge < -0.3 is 0 Å². The van der Waals surface area contributed by atoms with Crippen LogP contribution in [0.2, 0.25) is 0 Å². The third kappa shape index (κ3) is 25.2. The minimum absolute atomic E-state index is 0.808. The first-order valence-electron chi connectivity index (χ1n) is 0.928. The molecule has 0 aliphatic heterocycles. The monoisotopic (exact) mass is 238 g/mol. The van der Waals surface area contributed by atoms with Gasteiger partial charge in [-0.2, -0.15) is 0 Å². The average Bonchev–Trinajstić information content (AvgIpc) is 0.722. The summed E-state index contributed by atoms with van der Waals surface area (Å²) in [7, 11) is 4.06. The van der Waals surface area contributed by atoms with Gasteiger partial charge >= 0.3 is 52.1 Å². The van der Waals surface area contributed by atoms with Gasteiger partial charge in [-0.15, -0.1) is 0 Å². The van der Waals surface area contributed by atoms with Crippen LogP contribution < -0.4 is 0 Å². The third-order valence-corrected chi connectivity index (χ3v) is 0. The molecule has 0 aliphatic carbocycles. The molecule has 0 heterocycles. The first kappa shape index (κ1) is 6.86. The maximum absolute atomic E-state index is 4.06. The molecule has 0 saturated heterocycles. The van der Waals surface area contributed by atoms with E-state index in [2.05, 4.69) is 40.7 Å². The SMILES string of the molecule is CS(#P)(S)I. The quantitative estimate of drug-likeness (QED) is 0.285. The summed E-state index contributed by atoms with van der Waals surface area (Å²) in [5.74, 6) is 0. The molecule has 0 amide bonds. The molecule has 0 nitrogen and oxygen atoms in total. The summed E-state index contributed by atoms with van der Waals surface area (Å²) < 4.78 is 0. The van der Waals surface area contributed by atoms with Gasteiger partial charge in [-0.25, -0.2) is 0 Å². The Morgan fingerprint density at radius 3 is 2.00 bits per heavy atom. The Morgan fingerprint density at radius 1 is 2.00 bits per heavy atom. The zero-order valence-electron chi connectivity index (χ0n) is 2.68. The van der Waals surface area contributed by atoms with Crippen molar-refractivity contribution in [1.82, 2.24) is 0 Å². The van der Waals surface area contributed by atoms with Crippen LogP contribution in [-0.4, -0.2) is 6.26 Å². The van der Waals surface area contributed by atoms with Crippen LogP contribution in [0.4, 0.5) is 0 Å². The molecule has 32 valence electrons. The van der Waals surface area contributed by atoms with Gasteiger partial charge in [0.25, 0.3) is 0 Å². The van der Waals surface area contributed by atoms with Crippen LogP contribution in [0.1, 0.15) is 0 Å². The Kier molecular flexibility index (Phi) is 3.07. The van der Waals surface area contributed by atoms with Gasteiger partial charge in [0.15, 0.2) is 0 Å². The second-order valence-corrected chi connectivity index (χ2v) is 16.9. The molecule has 0 rings (SSSR count). The van der Waals surface area contributed by atoms with Crippen molar-refractivity contribution in [1.29, 1.82) is 0 Å². The predicted molar refractivity (Wildman–Crippen MR) is 43.4 cm³/mol. The second kappa shape index (κ2) is 2.24. The van der Waals surface area contributed by atoms with Crippen LogP contribution in [0.3, 0.4) is 0 Å². The molecule has 0 aromatic carbocycles. The van der Waals surface area contributed by atoms with Gasteiger partial charge in [-0.05, 0) is 0 Å². The topological polar surface area (TPSA) is 0 Å². The fourth-order valence-electron chi connectivity index (χ4n) is 0. The van der Waals surface area contributed by atoms with E-state index in [4.69, 9.17) is 0 Å². The molecular formula is CH4IPS2. The van der Waals surface area contributed by atoms with E-state index in [0.29, 0.717) is 0 Å². The zero-order valence-corrected chi connectivity index (χ0v) is 7.44. The molecule has 0 radical (unpaired) electrons. The zero-order chi connectivity index (χ0) is 4.50. The van der Waals surface area contributed by atoms with Gasteiger partial charge in [0.2, 0.25) is 0 Å². The molecule has 4 heteroatoms. The summed E-state index contributed by atoms with van der Waals surface area (Å²) in [4.78, 5) is 0. The molecule has 0 aliphatic rings. The fourth-order valence-corrected chi connectivity index (χ4v) is 0. The number of hydrogen-bond acceptors (Lipinski definition) is 1. The molecule has 1 unspecified atom stereocenters. The van der Waals surface area contributed by atoms with Crippen molar-refractivity contribution in [3.8, 4) is 0 Å². The van der Waals surface area contributed by atoms with E-state index in [1.54, 1.807) is 0 Å². The van der Waals surface area contributed by atoms with E-state index in [1.165, 1.54) is 0 Å². The van der Waals surface area contributed by atoms with Gasteiger partial charge in [-0.3, -0.25) is 0 Å². The molecule has 0 aromatic heterocycles. The minimum atomic E-state index is -0.808. The summed E-state index contributed by atoms with van der Waals surface area (Å²) in [6.45, 7) is 0. The molecule has 0 aromatic rings. The van der Waals surface area contributed by atoms with Crippen molar-refractivity contribution in [2.75, 3.05) is 6.26 Å². The Labute approximate surface area is 51.9 Å². The first-order valence-corrected chi connectivity index (χ1v) is 7.62. The third-order valence-electron chi connectivity index (χ3n) is 0. The first-order chi connectivity index (χ1) is 2.00. The number of rotatable bonds is 0. The van der Waals surface area contributed by atoms with Crippen molar-refractivity contribution in [2.45, 2.75) is 0 Å². The predicted octanol–water partition coefficient (Wildman–Crippen LogP) is 2.94. The Bertz CT molecular complexity index is 88.8. The van der Waals surface area contributed by atoms with Gasteiger partial charge in [0.1, 0.15) is 0 Å². The maximum atomic E-state index is 4.06. The van der Waals surface area contributed by atoms with Crippen LogP contribution in [0.25, 0.3) is 0 Å². The normalized spacial score (nSPS) is 21.2. The van der Waals surface area contributed by atoms with Crippen LogP contribution in [0.5, 0.6) is 0 Å². The average molecular weight is 238 g/mol. The van der Waals surface area contributed by atoms with Crippen LogP contribution in [0, 0.1) is 0 Å². The molecule has 0 N–H and O–H groups in total. The Morgan fingerprint density at radius 2 is 2.00 bits per heavy atom. The Balaban J connectivity index is 3.66. The van der Waals surface area contributed by atoms with Crippen LogP contribution in [-0.2, 0) is 0 Å². The van der Waals surface area contributed by atoms with E-state index in [9.17, 15) is 0 Å². The molecule has 0 bridgehead atoms. The van der Waals surface area contributed by atoms with Crippen LogP contribution in [0.15, 0.2) is 0 Å². The summed E-state index contributed by atoms with van der Waals surface area (Å²) in [6, 6.07) is 0. The van der Waals surface area contributed by atoms with Crippen molar-refractivity contribution in [2.24, 2.45) is 0 Å². The number of halogens is 1. The molecule has 0 spiro atoms. The van der Waals surface area contributed by atoms with Crippen molar-refractivity contribution in [3.63, 3.8) is 0 Å². The molecule has 5 heavy (non-hydrogen) atoms. The van der Waals surface area contributed by atoms with E-state index < -0.39 is 5.21 Å². The van der Waals surface area contributed by atoms with Crippen LogP contribution >= 0.6 is 45.9 Å². The molecule has 1 atom stereocenters. The summed E-state index contributed by atoms with van der Waals surface area (Å²) >= 11 is 6.25. The van der Waals surface area contributed by atoms with E-state index in [-0.39, 0.29) is 0 Å². The molecule has 0 saturated carbocycles. The van der Waals surface area contributed by atoms with E-state index in [1.807, 2.05) is 6.26 Å². The van der Waals surface area contributed by atoms with E-state index in [0.717, 1.165) is 0 Å². The number of thiol groups is 1. The van der Waals surface area contributed by atoms with E-state index >= 15 is 0 Å². The van der Waals surface area contributed by atoms with Crippen molar-refractivity contribution >= 4 is 45.9 Å². The fraction of sp³-hybridized carbons (Fsp3) is 1.00. The molecule has 0 fully saturated rings. The Hall–Kier alpha value is 1.86. The summed E-state index contributed by atoms with van der Waals surface area (Å²) in [5, 5.41) is -0.808. The summed E-state index contributed by atoms with van der Waals surface area (Å²) in [5.41, 5.74) is 0. The second-order valence-electron chi connectivity index (χ2n) is 0.739. The van der Waals surface area contributed by atoms with Gasteiger partial charge in [0.05, 0.1) is 0 Å². The van der Waals surface area contributed by atoms with Crippen molar-refractivity contribution in [3.05, 3.63) is 0 Å². The van der Waals surface area contributed by atoms with Crippen molar-refractivity contribution < 1.29 is 0 Å². The van der Waals surface area contributed by atoms with Gasteiger partial charge in [0, 0.05) is 0 Å². The molecular weight excluding hydrogens is 234 g/mol. The standard InChI is InChI=1S/CH4IPS2/c1-5(2,3)4/h4H,1H3.